The zero-order valence-corrected chi connectivity index (χ0v) is 9.56. The first-order chi connectivity index (χ1) is 8.51. The summed E-state index contributed by atoms with van der Waals surface area (Å²) in [6.07, 6.45) is -8.03. The van der Waals surface area contributed by atoms with E-state index in [1.807, 2.05) is 0 Å². The summed E-state index contributed by atoms with van der Waals surface area (Å²) in [6.45, 7) is 1.08. The van der Waals surface area contributed by atoms with Gasteiger partial charge in [-0.2, -0.15) is 26.3 Å². The molecule has 0 radical (unpaired) electrons. The van der Waals surface area contributed by atoms with E-state index < -0.39 is 34.8 Å². The first kappa shape index (κ1) is 15.3. The monoisotopic (exact) mass is 282 g/mol. The molecule has 0 aliphatic rings. The molecule has 1 aromatic rings. The van der Waals surface area contributed by atoms with E-state index in [2.05, 4.69) is 0 Å². The van der Waals surface area contributed by atoms with Gasteiger partial charge >= 0.3 is 12.4 Å². The predicted molar refractivity (Wildman–Crippen MR) is 56.2 cm³/mol. The van der Waals surface area contributed by atoms with Crippen LogP contribution in [0.25, 0.3) is 6.08 Å². The number of rotatable bonds is 2. The summed E-state index contributed by atoms with van der Waals surface area (Å²) < 4.78 is 75.1. The van der Waals surface area contributed by atoms with Crippen molar-refractivity contribution in [3.8, 4) is 0 Å². The van der Waals surface area contributed by atoms with Crippen LogP contribution in [-0.2, 0) is 17.1 Å². The second-order valence-corrected chi connectivity index (χ2v) is 3.74. The molecule has 19 heavy (non-hydrogen) atoms. The van der Waals surface area contributed by atoms with Crippen LogP contribution in [0.1, 0.15) is 23.6 Å². The third-order valence-electron chi connectivity index (χ3n) is 2.18. The SMILES string of the molecule is CC(=O)/C=C/c1cc(C(F)(F)F)ccc1C(F)(F)F. The minimum atomic E-state index is -4.79. The lowest BCUT2D eigenvalue weighted by Gasteiger charge is -2.13. The molecule has 0 heterocycles. The van der Waals surface area contributed by atoms with Crippen LogP contribution in [0.15, 0.2) is 24.3 Å². The molecule has 0 amide bonds. The lowest BCUT2D eigenvalue weighted by Crippen LogP contribution is -2.11. The molecule has 7 heteroatoms. The fraction of sp³-hybridized carbons (Fsp3) is 0.250. The second kappa shape index (κ2) is 5.07. The number of alkyl halides is 6. The second-order valence-electron chi connectivity index (χ2n) is 3.74. The minimum absolute atomic E-state index is 0.350. The maximum absolute atomic E-state index is 12.6. The van der Waals surface area contributed by atoms with Crippen molar-refractivity contribution in [1.82, 2.24) is 0 Å². The highest BCUT2D eigenvalue weighted by molar-refractivity contribution is 5.91. The molecule has 0 saturated heterocycles. The van der Waals surface area contributed by atoms with Crippen LogP contribution in [0.5, 0.6) is 0 Å². The molecule has 0 bridgehead atoms. The third-order valence-corrected chi connectivity index (χ3v) is 2.18. The highest BCUT2D eigenvalue weighted by Crippen LogP contribution is 2.36. The average molecular weight is 282 g/mol. The van der Waals surface area contributed by atoms with Crippen molar-refractivity contribution in [3.63, 3.8) is 0 Å². The van der Waals surface area contributed by atoms with E-state index in [9.17, 15) is 31.1 Å². The van der Waals surface area contributed by atoms with Crippen molar-refractivity contribution in [2.45, 2.75) is 19.3 Å². The first-order valence-electron chi connectivity index (χ1n) is 4.99. The molecule has 1 rings (SSSR count). The molecule has 0 fully saturated rings. The molecular weight excluding hydrogens is 274 g/mol. The van der Waals surface area contributed by atoms with Gasteiger partial charge in [-0.3, -0.25) is 4.79 Å². The number of carbonyl (C=O) groups is 1. The number of hydrogen-bond donors (Lipinski definition) is 0. The molecule has 0 aromatic heterocycles. The molecule has 1 aromatic carbocycles. The third kappa shape index (κ3) is 4.11. The Labute approximate surface area is 104 Å². The standard InChI is InChI=1S/C12H8F6O/c1-7(19)2-3-8-6-9(11(13,14)15)4-5-10(8)12(16,17)18/h2-6H,1H3/b3-2+. The van der Waals surface area contributed by atoms with E-state index in [4.69, 9.17) is 0 Å². The fourth-order valence-electron chi connectivity index (χ4n) is 1.34. The Morgan fingerprint density at radius 1 is 1.05 bits per heavy atom. The van der Waals surface area contributed by atoms with E-state index in [-0.39, 0.29) is 0 Å². The summed E-state index contributed by atoms with van der Waals surface area (Å²) in [5.41, 5.74) is -3.13. The fourth-order valence-corrected chi connectivity index (χ4v) is 1.34. The van der Waals surface area contributed by atoms with Gasteiger partial charge in [-0.15, -0.1) is 0 Å². The average Bonchev–Trinajstić information content (AvgIpc) is 2.23. The van der Waals surface area contributed by atoms with Crippen LogP contribution in [-0.4, -0.2) is 5.78 Å². The Bertz CT molecular complexity index is 510. The molecule has 1 nitrogen and oxygen atoms in total. The highest BCUT2D eigenvalue weighted by atomic mass is 19.4. The van der Waals surface area contributed by atoms with Gasteiger partial charge in [-0.05, 0) is 36.8 Å². The van der Waals surface area contributed by atoms with Crippen LogP contribution in [0.4, 0.5) is 26.3 Å². The largest absolute Gasteiger partial charge is 0.416 e. The zero-order chi connectivity index (χ0) is 14.8. The molecule has 0 aliphatic heterocycles. The summed E-state index contributed by atoms with van der Waals surface area (Å²) in [7, 11) is 0. The van der Waals surface area contributed by atoms with Gasteiger partial charge in [0.05, 0.1) is 11.1 Å². The topological polar surface area (TPSA) is 17.1 Å². The van der Waals surface area contributed by atoms with Gasteiger partial charge in [0.2, 0.25) is 0 Å². The summed E-state index contributed by atoms with van der Waals surface area (Å²) >= 11 is 0. The number of benzene rings is 1. The van der Waals surface area contributed by atoms with Gasteiger partial charge in [0.1, 0.15) is 0 Å². The van der Waals surface area contributed by atoms with Crippen molar-refractivity contribution in [2.75, 3.05) is 0 Å². The Kier molecular flexibility index (Phi) is 4.07. The molecule has 0 unspecified atom stereocenters. The summed E-state index contributed by atoms with van der Waals surface area (Å²) in [4.78, 5) is 10.7. The van der Waals surface area contributed by atoms with Gasteiger partial charge in [-0.1, -0.05) is 6.08 Å². The van der Waals surface area contributed by atoms with Gasteiger partial charge in [0, 0.05) is 0 Å². The normalized spacial score (nSPS) is 13.0. The van der Waals surface area contributed by atoms with Crippen molar-refractivity contribution in [2.24, 2.45) is 0 Å². The highest BCUT2D eigenvalue weighted by Gasteiger charge is 2.36. The van der Waals surface area contributed by atoms with Crippen molar-refractivity contribution >= 4 is 11.9 Å². The van der Waals surface area contributed by atoms with E-state index in [1.54, 1.807) is 0 Å². The minimum Gasteiger partial charge on any atom is -0.295 e. The predicted octanol–water partition coefficient (Wildman–Crippen LogP) is 4.33. The Morgan fingerprint density at radius 2 is 1.63 bits per heavy atom. The Hall–Kier alpha value is -1.79. The van der Waals surface area contributed by atoms with E-state index in [1.165, 1.54) is 0 Å². The first-order valence-corrected chi connectivity index (χ1v) is 4.99. The Balaban J connectivity index is 3.39. The molecule has 0 N–H and O–H groups in total. The van der Waals surface area contributed by atoms with Gasteiger partial charge < -0.3 is 0 Å². The molecular formula is C12H8F6O. The molecule has 0 aliphatic carbocycles. The molecule has 0 spiro atoms. The van der Waals surface area contributed by atoms with Crippen molar-refractivity contribution in [3.05, 3.63) is 41.0 Å². The van der Waals surface area contributed by atoms with Gasteiger partial charge in [0.25, 0.3) is 0 Å². The molecule has 0 saturated carbocycles. The zero-order valence-electron chi connectivity index (χ0n) is 9.56. The summed E-state index contributed by atoms with van der Waals surface area (Å²) in [5, 5.41) is 0. The lowest BCUT2D eigenvalue weighted by atomic mass is 10.0. The van der Waals surface area contributed by atoms with Crippen LogP contribution in [0.3, 0.4) is 0 Å². The summed E-state index contributed by atoms with van der Waals surface area (Å²) in [6, 6.07) is 1.07. The molecule has 0 atom stereocenters. The van der Waals surface area contributed by atoms with E-state index in [0.29, 0.717) is 18.2 Å². The number of allylic oxidation sites excluding steroid dienone is 1. The lowest BCUT2D eigenvalue weighted by molar-refractivity contribution is -0.141. The molecule has 104 valence electrons. The maximum atomic E-state index is 12.6. The maximum Gasteiger partial charge on any atom is 0.416 e. The van der Waals surface area contributed by atoms with Gasteiger partial charge in [-0.25, -0.2) is 0 Å². The Morgan fingerprint density at radius 3 is 2.05 bits per heavy atom. The summed E-state index contributed by atoms with van der Waals surface area (Å²) in [5.74, 6) is -0.564. The van der Waals surface area contributed by atoms with Crippen LogP contribution < -0.4 is 0 Å². The van der Waals surface area contributed by atoms with Crippen molar-refractivity contribution in [1.29, 1.82) is 0 Å². The number of carbonyl (C=O) groups excluding carboxylic acids is 1. The van der Waals surface area contributed by atoms with E-state index in [0.717, 1.165) is 19.1 Å². The van der Waals surface area contributed by atoms with Crippen LogP contribution >= 0.6 is 0 Å². The number of hydrogen-bond acceptors (Lipinski definition) is 1. The van der Waals surface area contributed by atoms with Crippen molar-refractivity contribution < 1.29 is 31.1 Å². The van der Waals surface area contributed by atoms with Crippen LogP contribution in [0.2, 0.25) is 0 Å². The number of ketones is 1. The van der Waals surface area contributed by atoms with Crippen LogP contribution in [0, 0.1) is 0 Å². The van der Waals surface area contributed by atoms with Gasteiger partial charge in [0.15, 0.2) is 5.78 Å². The quantitative estimate of drug-likeness (QED) is 0.583. The number of halogens is 6. The smallest absolute Gasteiger partial charge is 0.295 e. The van der Waals surface area contributed by atoms with E-state index >= 15 is 0 Å².